The zero-order valence-electron chi connectivity index (χ0n) is 17.0. The minimum absolute atomic E-state index is 0.0719. The van der Waals surface area contributed by atoms with Gasteiger partial charge in [-0.05, 0) is 46.9 Å². The molecule has 1 aliphatic heterocycles. The third-order valence-electron chi connectivity index (χ3n) is 5.50. The molecular weight excluding hydrogens is 403 g/mol. The molecule has 1 unspecified atom stereocenters. The van der Waals surface area contributed by atoms with E-state index in [1.54, 1.807) is 30.3 Å². The lowest BCUT2D eigenvalue weighted by molar-refractivity contribution is -0.137. The highest BCUT2D eigenvalue weighted by Crippen LogP contribution is 2.37. The number of β-amino-alcohol motifs (C(OH)–C–C–N with tert-alkyl or cyclic N) is 1. The van der Waals surface area contributed by atoms with Gasteiger partial charge in [-0.1, -0.05) is 54.6 Å². The van der Waals surface area contributed by atoms with E-state index < -0.39 is 17.8 Å². The standard InChI is InChI=1S/C25H24F3NO2/c26-25(27,28)24-11-4-3-10-23(24)19-8-5-9-22(14-19)31-17-21(30)16-29-13-12-18-6-1-2-7-20(18)15-29/h1-11,14,21,30H,12-13,15-17H2. The molecule has 0 saturated heterocycles. The van der Waals surface area contributed by atoms with Crippen LogP contribution in [0.2, 0.25) is 0 Å². The maximum Gasteiger partial charge on any atom is 0.417 e. The molecule has 6 heteroatoms. The van der Waals surface area contributed by atoms with Gasteiger partial charge in [0.05, 0.1) is 5.56 Å². The second-order valence-electron chi connectivity index (χ2n) is 7.79. The number of nitrogens with zero attached hydrogens (tertiary/aromatic N) is 1. The Hall–Kier alpha value is -2.83. The minimum Gasteiger partial charge on any atom is -0.491 e. The Balaban J connectivity index is 1.38. The molecule has 0 spiro atoms. The van der Waals surface area contributed by atoms with Crippen LogP contribution in [0.4, 0.5) is 13.2 Å². The van der Waals surface area contributed by atoms with E-state index in [1.165, 1.54) is 23.3 Å². The highest BCUT2D eigenvalue weighted by molar-refractivity contribution is 5.69. The van der Waals surface area contributed by atoms with Crippen LogP contribution in [0, 0.1) is 0 Å². The SMILES string of the molecule is OC(COc1cccc(-c2ccccc2C(F)(F)F)c1)CN1CCc2ccccc2C1. The second kappa shape index (κ2) is 9.12. The summed E-state index contributed by atoms with van der Waals surface area (Å²) in [7, 11) is 0. The summed E-state index contributed by atoms with van der Waals surface area (Å²) in [6.45, 7) is 2.21. The Morgan fingerprint density at radius 1 is 0.935 bits per heavy atom. The summed E-state index contributed by atoms with van der Waals surface area (Å²) >= 11 is 0. The lowest BCUT2D eigenvalue weighted by Gasteiger charge is -2.30. The van der Waals surface area contributed by atoms with Crippen molar-refractivity contribution in [1.29, 1.82) is 0 Å². The Kier molecular flexibility index (Phi) is 6.30. The van der Waals surface area contributed by atoms with Crippen LogP contribution in [0.5, 0.6) is 5.75 Å². The van der Waals surface area contributed by atoms with E-state index in [-0.39, 0.29) is 12.2 Å². The largest absolute Gasteiger partial charge is 0.491 e. The smallest absolute Gasteiger partial charge is 0.417 e. The molecular formula is C25H24F3NO2. The van der Waals surface area contributed by atoms with E-state index >= 15 is 0 Å². The minimum atomic E-state index is -4.43. The lowest BCUT2D eigenvalue weighted by atomic mass is 9.99. The summed E-state index contributed by atoms with van der Waals surface area (Å²) in [4.78, 5) is 2.19. The predicted octanol–water partition coefficient (Wildman–Crippen LogP) is 5.17. The van der Waals surface area contributed by atoms with Gasteiger partial charge in [-0.25, -0.2) is 0 Å². The molecule has 4 rings (SSSR count). The number of rotatable bonds is 6. The Bertz CT molecular complexity index is 1040. The van der Waals surface area contributed by atoms with Crippen LogP contribution < -0.4 is 4.74 Å². The fourth-order valence-electron chi connectivity index (χ4n) is 3.99. The summed E-state index contributed by atoms with van der Waals surface area (Å²) in [6.07, 6.45) is -4.18. The van der Waals surface area contributed by atoms with Gasteiger partial charge in [0.2, 0.25) is 0 Å². The fourth-order valence-corrected chi connectivity index (χ4v) is 3.99. The predicted molar refractivity (Wildman–Crippen MR) is 114 cm³/mol. The maximum absolute atomic E-state index is 13.3. The highest BCUT2D eigenvalue weighted by Gasteiger charge is 2.33. The molecule has 0 bridgehead atoms. The quantitative estimate of drug-likeness (QED) is 0.589. The van der Waals surface area contributed by atoms with Gasteiger partial charge in [0.15, 0.2) is 0 Å². The molecule has 3 aromatic rings. The number of ether oxygens (including phenoxy) is 1. The lowest BCUT2D eigenvalue weighted by Crippen LogP contribution is -2.38. The van der Waals surface area contributed by atoms with Crippen molar-refractivity contribution in [2.75, 3.05) is 19.7 Å². The van der Waals surface area contributed by atoms with Gasteiger partial charge in [-0.3, -0.25) is 4.90 Å². The molecule has 0 amide bonds. The summed E-state index contributed by atoms with van der Waals surface area (Å²) in [6, 6.07) is 20.3. The molecule has 0 aliphatic carbocycles. The third kappa shape index (κ3) is 5.27. The first kappa shape index (κ1) is 21.4. The van der Waals surface area contributed by atoms with Gasteiger partial charge in [-0.15, -0.1) is 0 Å². The first-order valence-electron chi connectivity index (χ1n) is 10.3. The van der Waals surface area contributed by atoms with Crippen LogP contribution in [0.3, 0.4) is 0 Å². The molecule has 3 aromatic carbocycles. The van der Waals surface area contributed by atoms with Crippen LogP contribution >= 0.6 is 0 Å². The van der Waals surface area contributed by atoms with E-state index in [4.69, 9.17) is 4.74 Å². The number of hydrogen-bond donors (Lipinski definition) is 1. The van der Waals surface area contributed by atoms with Crippen molar-refractivity contribution < 1.29 is 23.0 Å². The highest BCUT2D eigenvalue weighted by atomic mass is 19.4. The van der Waals surface area contributed by atoms with Crippen molar-refractivity contribution in [3.8, 4) is 16.9 Å². The van der Waals surface area contributed by atoms with Gasteiger partial charge in [0.1, 0.15) is 18.5 Å². The number of fused-ring (bicyclic) bond motifs is 1. The van der Waals surface area contributed by atoms with Crippen LogP contribution in [-0.2, 0) is 19.1 Å². The number of alkyl halides is 3. The topological polar surface area (TPSA) is 32.7 Å². The molecule has 31 heavy (non-hydrogen) atoms. The van der Waals surface area contributed by atoms with E-state index in [9.17, 15) is 18.3 Å². The van der Waals surface area contributed by atoms with Crippen molar-refractivity contribution in [2.24, 2.45) is 0 Å². The van der Waals surface area contributed by atoms with Crippen molar-refractivity contribution >= 4 is 0 Å². The van der Waals surface area contributed by atoms with Gasteiger partial charge in [-0.2, -0.15) is 13.2 Å². The average molecular weight is 427 g/mol. The second-order valence-corrected chi connectivity index (χ2v) is 7.79. The zero-order valence-corrected chi connectivity index (χ0v) is 17.0. The van der Waals surface area contributed by atoms with Crippen LogP contribution in [0.25, 0.3) is 11.1 Å². The van der Waals surface area contributed by atoms with Crippen LogP contribution in [0.15, 0.2) is 72.8 Å². The Labute approximate surface area is 179 Å². The fraction of sp³-hybridized carbons (Fsp3) is 0.280. The summed E-state index contributed by atoms with van der Waals surface area (Å²) in [5.74, 6) is 0.428. The van der Waals surface area contributed by atoms with E-state index in [2.05, 4.69) is 17.0 Å². The molecule has 1 heterocycles. The normalized spacial score (nSPS) is 15.4. The van der Waals surface area contributed by atoms with E-state index in [0.717, 1.165) is 25.6 Å². The average Bonchev–Trinajstić information content (AvgIpc) is 2.77. The van der Waals surface area contributed by atoms with Crippen LogP contribution in [-0.4, -0.2) is 35.8 Å². The van der Waals surface area contributed by atoms with E-state index in [1.807, 2.05) is 12.1 Å². The molecule has 1 N–H and O–H groups in total. The molecule has 0 aromatic heterocycles. The Morgan fingerprint density at radius 2 is 1.68 bits per heavy atom. The van der Waals surface area contributed by atoms with Gasteiger partial charge < -0.3 is 9.84 Å². The first-order chi connectivity index (χ1) is 14.9. The summed E-state index contributed by atoms with van der Waals surface area (Å²) < 4.78 is 45.7. The summed E-state index contributed by atoms with van der Waals surface area (Å²) in [5, 5.41) is 10.4. The third-order valence-corrected chi connectivity index (χ3v) is 5.50. The molecule has 0 radical (unpaired) electrons. The molecule has 162 valence electrons. The number of aliphatic hydroxyl groups is 1. The van der Waals surface area contributed by atoms with Crippen LogP contribution in [0.1, 0.15) is 16.7 Å². The van der Waals surface area contributed by atoms with E-state index in [0.29, 0.717) is 17.9 Å². The summed E-state index contributed by atoms with van der Waals surface area (Å²) in [5.41, 5.74) is 2.47. The number of aliphatic hydroxyl groups excluding tert-OH is 1. The van der Waals surface area contributed by atoms with Gasteiger partial charge >= 0.3 is 6.18 Å². The zero-order chi connectivity index (χ0) is 21.8. The van der Waals surface area contributed by atoms with Crippen molar-refractivity contribution in [3.63, 3.8) is 0 Å². The Morgan fingerprint density at radius 3 is 2.48 bits per heavy atom. The molecule has 0 saturated carbocycles. The van der Waals surface area contributed by atoms with Gasteiger partial charge in [0, 0.05) is 19.6 Å². The van der Waals surface area contributed by atoms with Crippen molar-refractivity contribution in [2.45, 2.75) is 25.2 Å². The monoisotopic (exact) mass is 427 g/mol. The first-order valence-corrected chi connectivity index (χ1v) is 10.3. The van der Waals surface area contributed by atoms with Crippen molar-refractivity contribution in [1.82, 2.24) is 4.90 Å². The number of halogens is 3. The molecule has 3 nitrogen and oxygen atoms in total. The number of hydrogen-bond acceptors (Lipinski definition) is 3. The number of benzene rings is 3. The van der Waals surface area contributed by atoms with Gasteiger partial charge in [0.25, 0.3) is 0 Å². The van der Waals surface area contributed by atoms with Crippen molar-refractivity contribution in [3.05, 3.63) is 89.5 Å². The molecule has 1 aliphatic rings. The molecule has 1 atom stereocenters. The maximum atomic E-state index is 13.3. The molecule has 0 fully saturated rings.